The lowest BCUT2D eigenvalue weighted by molar-refractivity contribution is 0.135. The maximum Gasteiger partial charge on any atom is 0.120 e. The van der Waals surface area contributed by atoms with Crippen molar-refractivity contribution in [3.05, 3.63) is 29.3 Å². The van der Waals surface area contributed by atoms with Gasteiger partial charge < -0.3 is 10.5 Å². The molecule has 2 N–H and O–H groups in total. The van der Waals surface area contributed by atoms with Gasteiger partial charge in [0.2, 0.25) is 0 Å². The van der Waals surface area contributed by atoms with E-state index in [1.165, 1.54) is 36.8 Å². The van der Waals surface area contributed by atoms with Gasteiger partial charge in [0.1, 0.15) is 5.75 Å². The lowest BCUT2D eigenvalue weighted by atomic mass is 9.89. The number of ether oxygens (including phenoxy) is 1. The molecule has 1 aliphatic rings. The zero-order valence-corrected chi connectivity index (χ0v) is 10.9. The predicted octanol–water partition coefficient (Wildman–Crippen LogP) is 3.41. The summed E-state index contributed by atoms with van der Waals surface area (Å²) < 4.78 is 6.04. The normalized spacial score (nSPS) is 24.6. The van der Waals surface area contributed by atoms with E-state index in [9.17, 15) is 0 Å². The first-order valence-corrected chi connectivity index (χ1v) is 6.65. The summed E-state index contributed by atoms with van der Waals surface area (Å²) in [6.45, 7) is 5.03. The maximum absolute atomic E-state index is 6.04. The number of aryl methyl sites for hydroxylation is 1. The molecule has 2 nitrogen and oxygen atoms in total. The number of nitrogens with two attached hydrogens (primary N) is 1. The Labute approximate surface area is 104 Å². The van der Waals surface area contributed by atoms with Crippen LogP contribution in [0.4, 0.5) is 0 Å². The van der Waals surface area contributed by atoms with Gasteiger partial charge in [-0.05, 0) is 61.8 Å². The van der Waals surface area contributed by atoms with Crippen molar-refractivity contribution in [1.82, 2.24) is 0 Å². The van der Waals surface area contributed by atoms with Gasteiger partial charge in [0.05, 0.1) is 6.10 Å². The van der Waals surface area contributed by atoms with Gasteiger partial charge >= 0.3 is 0 Å². The van der Waals surface area contributed by atoms with E-state index >= 15 is 0 Å². The zero-order valence-electron chi connectivity index (χ0n) is 10.9. The summed E-state index contributed by atoms with van der Waals surface area (Å²) in [6, 6.07) is 6.24. The summed E-state index contributed by atoms with van der Waals surface area (Å²) in [7, 11) is 0. The van der Waals surface area contributed by atoms with Gasteiger partial charge in [-0.3, -0.25) is 0 Å². The molecule has 0 amide bonds. The summed E-state index contributed by atoms with van der Waals surface area (Å²) in [5.41, 5.74) is 8.09. The van der Waals surface area contributed by atoms with E-state index in [-0.39, 0.29) is 0 Å². The molecular formula is C15H23NO. The van der Waals surface area contributed by atoms with Crippen LogP contribution in [0.1, 0.15) is 43.7 Å². The molecule has 0 spiro atoms. The third-order valence-corrected chi connectivity index (χ3v) is 3.80. The Morgan fingerprint density at radius 2 is 1.94 bits per heavy atom. The Bertz CT molecular complexity index is 367. The van der Waals surface area contributed by atoms with Gasteiger partial charge in [-0.2, -0.15) is 0 Å². The lowest BCUT2D eigenvalue weighted by Gasteiger charge is -2.27. The fourth-order valence-electron chi connectivity index (χ4n) is 2.51. The van der Waals surface area contributed by atoms with E-state index in [4.69, 9.17) is 10.5 Å². The minimum absolute atomic E-state index is 0.411. The van der Waals surface area contributed by atoms with Crippen LogP contribution in [0.15, 0.2) is 18.2 Å². The summed E-state index contributed by atoms with van der Waals surface area (Å²) in [6.07, 6.45) is 5.39. The summed E-state index contributed by atoms with van der Waals surface area (Å²) in [4.78, 5) is 0. The molecule has 0 radical (unpaired) electrons. The summed E-state index contributed by atoms with van der Waals surface area (Å²) in [5, 5.41) is 0. The maximum atomic E-state index is 6.04. The van der Waals surface area contributed by atoms with Crippen molar-refractivity contribution in [2.24, 2.45) is 11.7 Å². The summed E-state index contributed by atoms with van der Waals surface area (Å²) >= 11 is 0. The molecule has 0 heterocycles. The minimum atomic E-state index is 0.411. The highest BCUT2D eigenvalue weighted by Gasteiger charge is 2.19. The topological polar surface area (TPSA) is 35.2 Å². The van der Waals surface area contributed by atoms with E-state index < -0.39 is 0 Å². The van der Waals surface area contributed by atoms with Crippen LogP contribution in [0.3, 0.4) is 0 Å². The molecular weight excluding hydrogens is 210 g/mol. The highest BCUT2D eigenvalue weighted by Crippen LogP contribution is 2.27. The third kappa shape index (κ3) is 3.22. The Balaban J connectivity index is 1.97. The molecule has 0 unspecified atom stereocenters. The van der Waals surface area contributed by atoms with Crippen LogP contribution in [-0.4, -0.2) is 6.10 Å². The fraction of sp³-hybridized carbons (Fsp3) is 0.600. The Morgan fingerprint density at radius 1 is 1.24 bits per heavy atom. The van der Waals surface area contributed by atoms with E-state index in [0.29, 0.717) is 12.6 Å². The molecule has 0 saturated heterocycles. The number of rotatable bonds is 3. The van der Waals surface area contributed by atoms with Gasteiger partial charge in [-0.1, -0.05) is 13.0 Å². The summed E-state index contributed by atoms with van der Waals surface area (Å²) in [5.74, 6) is 1.87. The van der Waals surface area contributed by atoms with E-state index in [1.54, 1.807) is 0 Å². The molecule has 0 bridgehead atoms. The molecule has 1 aliphatic carbocycles. The second-order valence-corrected chi connectivity index (χ2v) is 5.29. The second-order valence-electron chi connectivity index (χ2n) is 5.29. The molecule has 2 heteroatoms. The molecule has 0 aliphatic heterocycles. The number of hydrogen-bond donors (Lipinski definition) is 1. The molecule has 1 aromatic rings. The first-order valence-electron chi connectivity index (χ1n) is 6.65. The van der Waals surface area contributed by atoms with E-state index in [2.05, 4.69) is 26.0 Å². The van der Waals surface area contributed by atoms with Crippen molar-refractivity contribution < 1.29 is 4.74 Å². The highest BCUT2D eigenvalue weighted by atomic mass is 16.5. The minimum Gasteiger partial charge on any atom is -0.490 e. The van der Waals surface area contributed by atoms with Crippen LogP contribution >= 0.6 is 0 Å². The molecule has 0 aromatic heterocycles. The molecule has 94 valence electrons. The monoisotopic (exact) mass is 233 g/mol. The van der Waals surface area contributed by atoms with Crippen molar-refractivity contribution in [2.75, 3.05) is 0 Å². The highest BCUT2D eigenvalue weighted by molar-refractivity contribution is 5.34. The molecule has 1 saturated carbocycles. The van der Waals surface area contributed by atoms with Gasteiger partial charge in [0.15, 0.2) is 0 Å². The van der Waals surface area contributed by atoms with Gasteiger partial charge in [-0.25, -0.2) is 0 Å². The first kappa shape index (κ1) is 12.4. The second kappa shape index (κ2) is 5.54. The Kier molecular flexibility index (Phi) is 4.06. The van der Waals surface area contributed by atoms with Gasteiger partial charge in [0.25, 0.3) is 0 Å². The molecule has 17 heavy (non-hydrogen) atoms. The average Bonchev–Trinajstić information content (AvgIpc) is 2.32. The molecule has 1 aromatic carbocycles. The quantitative estimate of drug-likeness (QED) is 0.868. The Morgan fingerprint density at radius 3 is 2.53 bits per heavy atom. The van der Waals surface area contributed by atoms with E-state index in [1.807, 2.05) is 6.07 Å². The van der Waals surface area contributed by atoms with Crippen LogP contribution < -0.4 is 10.5 Å². The number of hydrogen-bond acceptors (Lipinski definition) is 2. The largest absolute Gasteiger partial charge is 0.490 e. The van der Waals surface area contributed by atoms with Crippen molar-refractivity contribution in [2.45, 2.75) is 52.2 Å². The van der Waals surface area contributed by atoms with Crippen molar-refractivity contribution in [3.8, 4) is 5.75 Å². The van der Waals surface area contributed by atoms with Crippen LogP contribution in [0.2, 0.25) is 0 Å². The van der Waals surface area contributed by atoms with Crippen molar-refractivity contribution >= 4 is 0 Å². The molecule has 1 fully saturated rings. The average molecular weight is 233 g/mol. The first-order chi connectivity index (χ1) is 8.19. The van der Waals surface area contributed by atoms with Gasteiger partial charge in [0, 0.05) is 6.54 Å². The van der Waals surface area contributed by atoms with Gasteiger partial charge in [-0.15, -0.1) is 0 Å². The van der Waals surface area contributed by atoms with Crippen LogP contribution in [0.25, 0.3) is 0 Å². The smallest absolute Gasteiger partial charge is 0.120 e. The number of benzene rings is 1. The SMILES string of the molecule is Cc1cc(OC2CCC(C)CC2)ccc1CN. The van der Waals surface area contributed by atoms with Crippen LogP contribution in [0.5, 0.6) is 5.75 Å². The Hall–Kier alpha value is -1.02. The van der Waals surface area contributed by atoms with Crippen LogP contribution in [0, 0.1) is 12.8 Å². The molecule has 0 atom stereocenters. The third-order valence-electron chi connectivity index (χ3n) is 3.80. The van der Waals surface area contributed by atoms with Crippen LogP contribution in [-0.2, 0) is 6.54 Å². The fourth-order valence-corrected chi connectivity index (χ4v) is 2.51. The standard InChI is InChI=1S/C15H23NO/c1-11-3-6-14(7-4-11)17-15-8-5-13(10-16)12(2)9-15/h5,8-9,11,14H,3-4,6-7,10,16H2,1-2H3. The zero-order chi connectivity index (χ0) is 12.3. The lowest BCUT2D eigenvalue weighted by Crippen LogP contribution is -2.23. The predicted molar refractivity (Wildman–Crippen MR) is 71.1 cm³/mol. The van der Waals surface area contributed by atoms with Crippen molar-refractivity contribution in [3.63, 3.8) is 0 Å². The van der Waals surface area contributed by atoms with Crippen molar-refractivity contribution in [1.29, 1.82) is 0 Å². The van der Waals surface area contributed by atoms with E-state index in [0.717, 1.165) is 11.7 Å². The molecule has 2 rings (SSSR count).